The fourth-order valence-electron chi connectivity index (χ4n) is 3.33. The van der Waals surface area contributed by atoms with Crippen molar-refractivity contribution < 1.29 is 28.6 Å². The summed E-state index contributed by atoms with van der Waals surface area (Å²) in [4.78, 5) is 38.6. The van der Waals surface area contributed by atoms with E-state index in [9.17, 15) is 14.4 Å². The predicted octanol–water partition coefficient (Wildman–Crippen LogP) is 3.50. The third-order valence-electron chi connectivity index (χ3n) is 5.00. The van der Waals surface area contributed by atoms with Crippen LogP contribution in [-0.2, 0) is 16.0 Å². The van der Waals surface area contributed by atoms with Gasteiger partial charge in [0, 0.05) is 19.5 Å². The second-order valence-corrected chi connectivity index (χ2v) is 8.12. The molecule has 8 nitrogen and oxygen atoms in total. The molecule has 1 N–H and O–H groups in total. The highest BCUT2D eigenvalue weighted by atomic mass is 32.2. The van der Waals surface area contributed by atoms with Crippen molar-refractivity contribution in [3.63, 3.8) is 0 Å². The molecule has 1 fully saturated rings. The first-order valence-corrected chi connectivity index (χ1v) is 11.1. The molecule has 0 aliphatic carbocycles. The van der Waals surface area contributed by atoms with Crippen molar-refractivity contribution in [1.29, 1.82) is 0 Å². The number of hydrogen-bond donors (Lipinski definition) is 1. The monoisotopic (exact) mass is 470 g/mol. The molecule has 174 valence electrons. The van der Waals surface area contributed by atoms with E-state index in [0.717, 1.165) is 22.2 Å². The first-order chi connectivity index (χ1) is 16.0. The van der Waals surface area contributed by atoms with Gasteiger partial charge in [0.25, 0.3) is 11.1 Å². The van der Waals surface area contributed by atoms with E-state index in [4.69, 9.17) is 14.2 Å². The molecule has 0 aromatic heterocycles. The van der Waals surface area contributed by atoms with Gasteiger partial charge in [0.15, 0.2) is 11.5 Å². The lowest BCUT2D eigenvalue weighted by molar-refractivity contribution is -0.124. The Balaban J connectivity index is 1.59. The standard InChI is InChI=1S/C24H26N2O6S/c1-30-18-13-17(14-19(31-2)22(18)32-3)15-20-23(28)26(24(29)33-20)12-11-25-21(27)10-9-16-7-5-4-6-8-16/h4-8,13-15H,9-12H2,1-3H3,(H,25,27)/b20-15-. The van der Waals surface area contributed by atoms with E-state index in [-0.39, 0.29) is 29.1 Å². The van der Waals surface area contributed by atoms with Crippen LogP contribution >= 0.6 is 11.8 Å². The normalized spacial score (nSPS) is 14.5. The van der Waals surface area contributed by atoms with Crippen molar-refractivity contribution in [3.05, 3.63) is 58.5 Å². The number of thioether (sulfide) groups is 1. The summed E-state index contributed by atoms with van der Waals surface area (Å²) in [6.45, 7) is 0.303. The lowest BCUT2D eigenvalue weighted by Crippen LogP contribution is -2.37. The fraction of sp³-hybridized carbons (Fsp3) is 0.292. The molecule has 3 amide bonds. The smallest absolute Gasteiger partial charge is 0.293 e. The third-order valence-corrected chi connectivity index (χ3v) is 5.91. The number of ether oxygens (including phenoxy) is 3. The number of imide groups is 1. The molecule has 2 aromatic rings. The van der Waals surface area contributed by atoms with Crippen molar-refractivity contribution in [2.75, 3.05) is 34.4 Å². The summed E-state index contributed by atoms with van der Waals surface area (Å²) in [6.07, 6.45) is 2.58. The molecule has 1 saturated heterocycles. The zero-order valence-corrected chi connectivity index (χ0v) is 19.6. The molecule has 1 heterocycles. The maximum atomic E-state index is 12.8. The topological polar surface area (TPSA) is 94.2 Å². The molecule has 9 heteroatoms. The Labute approximate surface area is 196 Å². The number of benzene rings is 2. The van der Waals surface area contributed by atoms with Gasteiger partial charge in [-0.05, 0) is 47.5 Å². The van der Waals surface area contributed by atoms with E-state index >= 15 is 0 Å². The van der Waals surface area contributed by atoms with Crippen LogP contribution in [0.1, 0.15) is 17.5 Å². The Hall–Kier alpha value is -3.46. The molecule has 33 heavy (non-hydrogen) atoms. The minimum Gasteiger partial charge on any atom is -0.493 e. The number of aryl methyl sites for hydroxylation is 1. The lowest BCUT2D eigenvalue weighted by Gasteiger charge is -2.13. The Bertz CT molecular complexity index is 1030. The first-order valence-electron chi connectivity index (χ1n) is 10.3. The van der Waals surface area contributed by atoms with Gasteiger partial charge < -0.3 is 19.5 Å². The van der Waals surface area contributed by atoms with Gasteiger partial charge >= 0.3 is 0 Å². The molecule has 0 radical (unpaired) electrons. The molecule has 0 atom stereocenters. The number of amides is 3. The van der Waals surface area contributed by atoms with Crippen LogP contribution in [0.5, 0.6) is 17.2 Å². The minimum absolute atomic E-state index is 0.105. The number of methoxy groups -OCH3 is 3. The SMILES string of the molecule is COc1cc(/C=C2\SC(=O)N(CCNC(=O)CCc3ccccc3)C2=O)cc(OC)c1OC. The van der Waals surface area contributed by atoms with Gasteiger partial charge in [-0.1, -0.05) is 30.3 Å². The number of nitrogens with one attached hydrogen (secondary N) is 1. The molecule has 0 spiro atoms. The maximum absolute atomic E-state index is 12.8. The van der Waals surface area contributed by atoms with E-state index < -0.39 is 5.91 Å². The maximum Gasteiger partial charge on any atom is 0.293 e. The molecule has 0 bridgehead atoms. The van der Waals surface area contributed by atoms with Crippen molar-refractivity contribution in [2.45, 2.75) is 12.8 Å². The molecule has 1 aliphatic heterocycles. The van der Waals surface area contributed by atoms with Crippen LogP contribution in [0.3, 0.4) is 0 Å². The number of carbonyl (C=O) groups excluding carboxylic acids is 3. The number of nitrogens with zero attached hydrogens (tertiary/aromatic N) is 1. The van der Waals surface area contributed by atoms with Crippen molar-refractivity contribution in [3.8, 4) is 17.2 Å². The third kappa shape index (κ3) is 6.07. The van der Waals surface area contributed by atoms with Crippen LogP contribution in [-0.4, -0.2) is 56.4 Å². The van der Waals surface area contributed by atoms with Crippen molar-refractivity contribution >= 4 is 34.9 Å². The fourth-order valence-corrected chi connectivity index (χ4v) is 4.19. The zero-order chi connectivity index (χ0) is 23.8. The largest absolute Gasteiger partial charge is 0.493 e. The first kappa shape index (κ1) is 24.2. The van der Waals surface area contributed by atoms with Gasteiger partial charge in [-0.3, -0.25) is 19.3 Å². The summed E-state index contributed by atoms with van der Waals surface area (Å²) in [5, 5.41) is 2.39. The van der Waals surface area contributed by atoms with E-state index in [1.54, 1.807) is 18.2 Å². The minimum atomic E-state index is -0.405. The molecule has 3 rings (SSSR count). The van der Waals surface area contributed by atoms with Crippen LogP contribution in [0.4, 0.5) is 4.79 Å². The van der Waals surface area contributed by atoms with Crippen LogP contribution < -0.4 is 19.5 Å². The van der Waals surface area contributed by atoms with Gasteiger partial charge in [0.2, 0.25) is 11.7 Å². The second-order valence-electron chi connectivity index (χ2n) is 7.13. The number of carbonyl (C=O) groups is 3. The highest BCUT2D eigenvalue weighted by Gasteiger charge is 2.34. The summed E-state index contributed by atoms with van der Waals surface area (Å²) >= 11 is 0.853. The van der Waals surface area contributed by atoms with Gasteiger partial charge in [0.05, 0.1) is 26.2 Å². The molecule has 0 saturated carbocycles. The summed E-state index contributed by atoms with van der Waals surface area (Å²) in [5.41, 5.74) is 1.71. The predicted molar refractivity (Wildman–Crippen MR) is 127 cm³/mol. The quantitative estimate of drug-likeness (QED) is 0.531. The average Bonchev–Trinajstić information content (AvgIpc) is 3.09. The van der Waals surface area contributed by atoms with Gasteiger partial charge in [-0.15, -0.1) is 0 Å². The Morgan fingerprint density at radius 3 is 2.30 bits per heavy atom. The molecule has 2 aromatic carbocycles. The Kier molecular flexibility index (Phi) is 8.37. The Morgan fingerprint density at radius 2 is 1.70 bits per heavy atom. The lowest BCUT2D eigenvalue weighted by atomic mass is 10.1. The van der Waals surface area contributed by atoms with Crippen LogP contribution in [0.25, 0.3) is 6.08 Å². The zero-order valence-electron chi connectivity index (χ0n) is 18.8. The van der Waals surface area contributed by atoms with E-state index in [0.29, 0.717) is 35.7 Å². The Morgan fingerprint density at radius 1 is 1.03 bits per heavy atom. The number of rotatable bonds is 10. The molecular weight excluding hydrogens is 444 g/mol. The second kappa shape index (κ2) is 11.4. The van der Waals surface area contributed by atoms with Crippen LogP contribution in [0.2, 0.25) is 0 Å². The summed E-state index contributed by atoms with van der Waals surface area (Å²) in [5.74, 6) is 0.797. The molecule has 0 unspecified atom stereocenters. The summed E-state index contributed by atoms with van der Waals surface area (Å²) < 4.78 is 16.0. The highest BCUT2D eigenvalue weighted by Crippen LogP contribution is 2.40. The summed E-state index contributed by atoms with van der Waals surface area (Å²) in [7, 11) is 4.51. The molecule has 1 aliphatic rings. The van der Waals surface area contributed by atoms with Gasteiger partial charge in [-0.25, -0.2) is 0 Å². The van der Waals surface area contributed by atoms with Crippen LogP contribution in [0, 0.1) is 0 Å². The molecular formula is C24H26N2O6S. The summed E-state index contributed by atoms with van der Waals surface area (Å²) in [6, 6.07) is 13.1. The van der Waals surface area contributed by atoms with Gasteiger partial charge in [-0.2, -0.15) is 0 Å². The van der Waals surface area contributed by atoms with E-state index in [2.05, 4.69) is 5.32 Å². The van der Waals surface area contributed by atoms with Gasteiger partial charge in [0.1, 0.15) is 0 Å². The highest BCUT2D eigenvalue weighted by molar-refractivity contribution is 8.18. The number of hydrogen-bond acceptors (Lipinski definition) is 7. The van der Waals surface area contributed by atoms with Crippen LogP contribution in [0.15, 0.2) is 47.4 Å². The van der Waals surface area contributed by atoms with E-state index in [1.165, 1.54) is 21.3 Å². The average molecular weight is 471 g/mol. The van der Waals surface area contributed by atoms with Crippen molar-refractivity contribution in [1.82, 2.24) is 10.2 Å². The van der Waals surface area contributed by atoms with Crippen molar-refractivity contribution in [2.24, 2.45) is 0 Å². The van der Waals surface area contributed by atoms with E-state index in [1.807, 2.05) is 30.3 Å².